The summed E-state index contributed by atoms with van der Waals surface area (Å²) in [5.41, 5.74) is 0.232. The van der Waals surface area contributed by atoms with E-state index in [1.54, 1.807) is 12.1 Å². The van der Waals surface area contributed by atoms with Crippen LogP contribution in [0, 0.1) is 5.92 Å². The van der Waals surface area contributed by atoms with Crippen LogP contribution in [0.3, 0.4) is 0 Å². The maximum Gasteiger partial charge on any atom is 0.356 e. The van der Waals surface area contributed by atoms with Crippen LogP contribution < -0.4 is 4.74 Å². The molecular weight excluding hydrogens is 290 g/mol. The number of halogens is 1. The summed E-state index contributed by atoms with van der Waals surface area (Å²) in [7, 11) is 1.32. The molecule has 0 aliphatic carbocycles. The van der Waals surface area contributed by atoms with Gasteiger partial charge in [0.15, 0.2) is 5.69 Å². The highest BCUT2D eigenvalue weighted by molar-refractivity contribution is 9.10. The van der Waals surface area contributed by atoms with E-state index in [2.05, 4.69) is 25.7 Å². The number of carbonyl (C=O) groups is 1. The van der Waals surface area contributed by atoms with Gasteiger partial charge in [-0.25, -0.2) is 9.78 Å². The smallest absolute Gasteiger partial charge is 0.356 e. The van der Waals surface area contributed by atoms with Crippen molar-refractivity contribution in [3.8, 4) is 5.88 Å². The first-order chi connectivity index (χ1) is 8.20. The number of carbonyl (C=O) groups excluding carboxylic acids is 1. The van der Waals surface area contributed by atoms with Crippen LogP contribution in [0.15, 0.2) is 16.6 Å². The summed E-state index contributed by atoms with van der Waals surface area (Å²) >= 11 is 3.32. The van der Waals surface area contributed by atoms with Gasteiger partial charge in [0.2, 0.25) is 5.88 Å². The number of methoxy groups -OCH3 is 1. The maximum atomic E-state index is 11.3. The van der Waals surface area contributed by atoms with E-state index in [0.717, 1.165) is 0 Å². The predicted molar refractivity (Wildman–Crippen MR) is 63.1 cm³/mol. The van der Waals surface area contributed by atoms with Crippen molar-refractivity contribution in [3.63, 3.8) is 0 Å². The molecule has 1 aromatic heterocycles. The third kappa shape index (κ3) is 2.95. The number of nitrogens with zero attached hydrogens (tertiary/aromatic N) is 1. The van der Waals surface area contributed by atoms with E-state index in [9.17, 15) is 4.79 Å². The number of hydrogen-bond donors (Lipinski definition) is 0. The van der Waals surface area contributed by atoms with Gasteiger partial charge >= 0.3 is 5.97 Å². The Morgan fingerprint density at radius 3 is 2.94 bits per heavy atom. The Kier molecular flexibility index (Phi) is 3.96. The van der Waals surface area contributed by atoms with Crippen LogP contribution in [0.1, 0.15) is 10.5 Å². The normalized spacial score (nSPS) is 15.2. The summed E-state index contributed by atoms with van der Waals surface area (Å²) in [6, 6.07) is 3.29. The van der Waals surface area contributed by atoms with Crippen LogP contribution in [0.4, 0.5) is 0 Å². The van der Waals surface area contributed by atoms with Gasteiger partial charge in [-0.1, -0.05) is 0 Å². The lowest BCUT2D eigenvalue weighted by Gasteiger charge is -2.25. The third-order valence-corrected chi connectivity index (χ3v) is 2.97. The molecule has 5 nitrogen and oxygen atoms in total. The van der Waals surface area contributed by atoms with Crippen molar-refractivity contribution in [3.05, 3.63) is 22.3 Å². The first kappa shape index (κ1) is 12.3. The fraction of sp³-hybridized carbons (Fsp3) is 0.455. The van der Waals surface area contributed by atoms with Gasteiger partial charge in [-0.15, -0.1) is 0 Å². The topological polar surface area (TPSA) is 57.7 Å². The third-order valence-electron chi connectivity index (χ3n) is 2.37. The molecule has 1 fully saturated rings. The van der Waals surface area contributed by atoms with E-state index in [0.29, 0.717) is 36.1 Å². The minimum Gasteiger partial charge on any atom is -0.476 e. The van der Waals surface area contributed by atoms with Crippen LogP contribution in [-0.4, -0.2) is 37.9 Å². The van der Waals surface area contributed by atoms with Crippen molar-refractivity contribution in [2.45, 2.75) is 0 Å². The van der Waals surface area contributed by atoms with Crippen LogP contribution in [0.5, 0.6) is 5.88 Å². The molecule has 0 amide bonds. The molecule has 1 aliphatic heterocycles. The molecule has 92 valence electrons. The minimum absolute atomic E-state index is 0.232. The van der Waals surface area contributed by atoms with Gasteiger partial charge in [-0.05, 0) is 28.1 Å². The molecule has 0 aromatic carbocycles. The number of aromatic nitrogens is 1. The summed E-state index contributed by atoms with van der Waals surface area (Å²) in [5.74, 6) is 0.333. The van der Waals surface area contributed by atoms with Crippen molar-refractivity contribution in [2.24, 2.45) is 5.92 Å². The average Bonchev–Trinajstić information content (AvgIpc) is 2.28. The number of pyridine rings is 1. The Morgan fingerprint density at radius 1 is 1.59 bits per heavy atom. The fourth-order valence-electron chi connectivity index (χ4n) is 1.32. The van der Waals surface area contributed by atoms with E-state index in [1.807, 2.05) is 0 Å². The van der Waals surface area contributed by atoms with E-state index in [-0.39, 0.29) is 5.69 Å². The lowest BCUT2D eigenvalue weighted by Crippen LogP contribution is -2.32. The van der Waals surface area contributed by atoms with Gasteiger partial charge in [0.1, 0.15) is 0 Å². The first-order valence-corrected chi connectivity index (χ1v) is 5.95. The van der Waals surface area contributed by atoms with E-state index in [1.165, 1.54) is 7.11 Å². The number of hydrogen-bond acceptors (Lipinski definition) is 5. The van der Waals surface area contributed by atoms with Crippen molar-refractivity contribution >= 4 is 21.9 Å². The van der Waals surface area contributed by atoms with Gasteiger partial charge in [0.25, 0.3) is 0 Å². The molecule has 1 saturated heterocycles. The molecule has 2 rings (SSSR count). The molecule has 2 heterocycles. The molecule has 0 saturated carbocycles. The minimum atomic E-state index is -0.477. The van der Waals surface area contributed by atoms with Gasteiger partial charge in [0, 0.05) is 5.92 Å². The molecule has 17 heavy (non-hydrogen) atoms. The Morgan fingerprint density at radius 2 is 2.35 bits per heavy atom. The zero-order valence-electron chi connectivity index (χ0n) is 9.31. The van der Waals surface area contributed by atoms with E-state index in [4.69, 9.17) is 9.47 Å². The van der Waals surface area contributed by atoms with E-state index >= 15 is 0 Å². The summed E-state index contributed by atoms with van der Waals surface area (Å²) in [4.78, 5) is 15.4. The second-order valence-corrected chi connectivity index (χ2v) is 4.54. The van der Waals surface area contributed by atoms with Crippen LogP contribution in [0.2, 0.25) is 0 Å². The van der Waals surface area contributed by atoms with Crippen LogP contribution in [0.25, 0.3) is 0 Å². The molecule has 0 atom stereocenters. The molecule has 0 unspecified atom stereocenters. The molecular formula is C11H12BrNO4. The lowest BCUT2D eigenvalue weighted by molar-refractivity contribution is -0.0515. The van der Waals surface area contributed by atoms with Gasteiger partial charge in [-0.3, -0.25) is 0 Å². The van der Waals surface area contributed by atoms with Crippen molar-refractivity contribution in [2.75, 3.05) is 26.9 Å². The van der Waals surface area contributed by atoms with Crippen molar-refractivity contribution < 1.29 is 19.0 Å². The predicted octanol–water partition coefficient (Wildman–Crippen LogP) is 1.66. The molecule has 0 spiro atoms. The second kappa shape index (κ2) is 5.46. The molecule has 0 radical (unpaired) electrons. The zero-order valence-corrected chi connectivity index (χ0v) is 10.9. The maximum absolute atomic E-state index is 11.3. The summed E-state index contributed by atoms with van der Waals surface area (Å²) < 4.78 is 15.9. The van der Waals surface area contributed by atoms with Gasteiger partial charge < -0.3 is 14.2 Å². The fourth-order valence-corrected chi connectivity index (χ4v) is 1.66. The lowest BCUT2D eigenvalue weighted by atomic mass is 10.1. The quantitative estimate of drug-likeness (QED) is 0.792. The molecule has 1 aromatic rings. The van der Waals surface area contributed by atoms with Gasteiger partial charge in [0.05, 0.1) is 31.4 Å². The summed E-state index contributed by atoms with van der Waals surface area (Å²) in [5, 5.41) is 0. The summed E-state index contributed by atoms with van der Waals surface area (Å²) in [6.45, 7) is 1.97. The monoisotopic (exact) mass is 301 g/mol. The summed E-state index contributed by atoms with van der Waals surface area (Å²) in [6.07, 6.45) is 0. The standard InChI is InChI=1S/C11H12BrNO4/c1-15-11(14)9-3-2-8(12)10(13-9)17-6-7-4-16-5-7/h2-3,7H,4-6H2,1H3. The Hall–Kier alpha value is -1.14. The highest BCUT2D eigenvalue weighted by atomic mass is 79.9. The van der Waals surface area contributed by atoms with Crippen LogP contribution in [-0.2, 0) is 9.47 Å². The van der Waals surface area contributed by atoms with Crippen molar-refractivity contribution in [1.29, 1.82) is 0 Å². The number of rotatable bonds is 4. The Labute approximate surface area is 107 Å². The molecule has 0 bridgehead atoms. The SMILES string of the molecule is COC(=O)c1ccc(Br)c(OCC2COC2)n1. The Balaban J connectivity index is 2.05. The van der Waals surface area contributed by atoms with Crippen LogP contribution >= 0.6 is 15.9 Å². The molecule has 6 heteroatoms. The highest BCUT2D eigenvalue weighted by Crippen LogP contribution is 2.24. The Bertz CT molecular complexity index is 420. The average molecular weight is 302 g/mol. The second-order valence-electron chi connectivity index (χ2n) is 3.69. The zero-order chi connectivity index (χ0) is 12.3. The molecule has 0 N–H and O–H groups in total. The number of ether oxygens (including phenoxy) is 3. The van der Waals surface area contributed by atoms with Gasteiger partial charge in [-0.2, -0.15) is 0 Å². The van der Waals surface area contributed by atoms with Crippen molar-refractivity contribution in [1.82, 2.24) is 4.98 Å². The van der Waals surface area contributed by atoms with E-state index < -0.39 is 5.97 Å². The largest absolute Gasteiger partial charge is 0.476 e. The first-order valence-electron chi connectivity index (χ1n) is 5.16. The highest BCUT2D eigenvalue weighted by Gasteiger charge is 2.20. The number of esters is 1. The molecule has 1 aliphatic rings.